The smallest absolute Gasteiger partial charge is 0.389 e. The van der Waals surface area contributed by atoms with Crippen LogP contribution in [-0.4, -0.2) is 35.6 Å². The quantitative estimate of drug-likeness (QED) is 0.173. The van der Waals surface area contributed by atoms with E-state index in [0.29, 0.717) is 39.1 Å². The van der Waals surface area contributed by atoms with Crippen molar-refractivity contribution >= 4 is 22.9 Å². The predicted octanol–water partition coefficient (Wildman–Crippen LogP) is 9.67. The number of carbonyl (C=O) groups is 2. The van der Waals surface area contributed by atoms with Gasteiger partial charge >= 0.3 is 6.18 Å². The van der Waals surface area contributed by atoms with E-state index >= 15 is 0 Å². The number of fused-ring (bicyclic) bond motifs is 1. The topological polar surface area (TPSA) is 93.5 Å². The Labute approximate surface area is 278 Å². The predicted molar refractivity (Wildman–Crippen MR) is 182 cm³/mol. The summed E-state index contributed by atoms with van der Waals surface area (Å²) in [5.41, 5.74) is 2.62. The zero-order valence-electron chi connectivity index (χ0n) is 28.1. The summed E-state index contributed by atoms with van der Waals surface area (Å²) < 4.78 is 52.2. The third kappa shape index (κ3) is 8.82. The molecular weight excluding hydrogens is 619 g/mol. The molecule has 2 aromatic heterocycles. The minimum Gasteiger partial charge on any atom is -0.457 e. The van der Waals surface area contributed by atoms with Crippen molar-refractivity contribution < 1.29 is 31.9 Å². The van der Waals surface area contributed by atoms with Crippen LogP contribution in [0.1, 0.15) is 73.0 Å². The Hall–Kier alpha value is -5.12. The minimum absolute atomic E-state index is 0.0243. The molecule has 0 fully saturated rings. The maximum atomic E-state index is 13.4. The number of hydrogen-bond acceptors (Lipinski definition) is 5. The monoisotopic (exact) mass is 659 g/mol. The number of alkyl halides is 3. The molecule has 0 unspecified atom stereocenters. The molecule has 2 amide bonds. The minimum atomic E-state index is -4.42. The van der Waals surface area contributed by atoms with Crippen LogP contribution in [0.25, 0.3) is 33.6 Å². The summed E-state index contributed by atoms with van der Waals surface area (Å²) in [7, 11) is 1.48. The molecule has 5 aromatic rings. The summed E-state index contributed by atoms with van der Waals surface area (Å²) in [4.78, 5) is 30.7. The van der Waals surface area contributed by atoms with Crippen LogP contribution >= 0.6 is 0 Å². The van der Waals surface area contributed by atoms with Crippen molar-refractivity contribution in [3.8, 4) is 33.9 Å². The first-order chi connectivity index (χ1) is 22.7. The first kappa shape index (κ1) is 35.7. The van der Waals surface area contributed by atoms with Gasteiger partial charge in [-0.2, -0.15) is 13.2 Å². The van der Waals surface area contributed by atoms with Gasteiger partial charge in [-0.25, -0.2) is 4.98 Å². The molecule has 0 aliphatic heterocycles. The molecule has 7 nitrogen and oxygen atoms in total. The van der Waals surface area contributed by atoms with Crippen LogP contribution in [0.3, 0.4) is 0 Å². The fraction of sp³-hybridized carbons (Fsp3) is 0.289. The van der Waals surface area contributed by atoms with Crippen LogP contribution in [0.15, 0.2) is 83.3 Å². The molecule has 0 saturated heterocycles. The van der Waals surface area contributed by atoms with Crippen molar-refractivity contribution in [2.24, 2.45) is 0 Å². The Morgan fingerprint density at radius 2 is 1.54 bits per heavy atom. The van der Waals surface area contributed by atoms with Crippen LogP contribution in [0.5, 0.6) is 11.5 Å². The molecule has 48 heavy (non-hydrogen) atoms. The lowest BCUT2D eigenvalue weighted by atomic mass is 9.96. The number of rotatable bonds is 8. The summed E-state index contributed by atoms with van der Waals surface area (Å²) in [5, 5.41) is 5.85. The molecule has 0 bridgehead atoms. The average molecular weight is 660 g/mol. The third-order valence-corrected chi connectivity index (χ3v) is 7.13. The molecule has 0 aliphatic carbocycles. The van der Waals surface area contributed by atoms with Crippen molar-refractivity contribution in [2.75, 3.05) is 7.05 Å². The van der Waals surface area contributed by atoms with E-state index in [0.717, 1.165) is 5.56 Å². The first-order valence-electron chi connectivity index (χ1n) is 15.7. The highest BCUT2D eigenvalue weighted by Crippen LogP contribution is 2.38. The fourth-order valence-electron chi connectivity index (χ4n) is 5.04. The number of halogens is 3. The maximum Gasteiger partial charge on any atom is 0.389 e. The number of carbonyl (C=O) groups excluding carboxylic acids is 2. The van der Waals surface area contributed by atoms with Gasteiger partial charge in [-0.05, 0) is 99.8 Å². The summed E-state index contributed by atoms with van der Waals surface area (Å²) in [6.07, 6.45) is -5.96. The second kappa shape index (κ2) is 14.8. The van der Waals surface area contributed by atoms with Crippen molar-refractivity contribution in [1.82, 2.24) is 15.6 Å². The summed E-state index contributed by atoms with van der Waals surface area (Å²) in [5.74, 6) is 0.665. The van der Waals surface area contributed by atoms with Crippen LogP contribution < -0.4 is 15.4 Å². The highest BCUT2D eigenvalue weighted by Gasteiger charge is 2.29. The summed E-state index contributed by atoms with van der Waals surface area (Å²) in [6, 6.07) is 22.7. The second-order valence-corrected chi connectivity index (χ2v) is 12.1. The number of ether oxygens (including phenoxy) is 1. The van der Waals surface area contributed by atoms with Gasteiger partial charge < -0.3 is 19.8 Å². The number of amides is 2. The zero-order valence-corrected chi connectivity index (χ0v) is 28.1. The number of benzene rings is 3. The molecular formula is C38H40F3N3O4. The van der Waals surface area contributed by atoms with Gasteiger partial charge in [-0.15, -0.1) is 0 Å². The van der Waals surface area contributed by atoms with Crippen LogP contribution in [0.4, 0.5) is 13.2 Å². The SMILES string of the molecule is CC.CNC(=O)c1c(-c2ccc(Oc3cccc(C)c3)cc2)oc2nc(CCC(F)(F)F)c(-c3cccc(C(=O)NC(C)(C)C)c3)cc12. The van der Waals surface area contributed by atoms with Gasteiger partial charge in [0.25, 0.3) is 11.8 Å². The van der Waals surface area contributed by atoms with Gasteiger partial charge in [0.05, 0.1) is 16.6 Å². The van der Waals surface area contributed by atoms with Crippen LogP contribution in [-0.2, 0) is 6.42 Å². The molecule has 0 saturated carbocycles. The molecule has 3 aromatic carbocycles. The van der Waals surface area contributed by atoms with E-state index in [1.54, 1.807) is 54.6 Å². The van der Waals surface area contributed by atoms with Crippen LogP contribution in [0.2, 0.25) is 0 Å². The highest BCUT2D eigenvalue weighted by molar-refractivity contribution is 6.11. The molecule has 2 N–H and O–H groups in total. The Morgan fingerprint density at radius 1 is 0.854 bits per heavy atom. The Kier molecular flexibility index (Phi) is 11.0. The number of nitrogens with zero attached hydrogens (tertiary/aromatic N) is 1. The molecule has 10 heteroatoms. The molecule has 0 spiro atoms. The third-order valence-electron chi connectivity index (χ3n) is 7.13. The van der Waals surface area contributed by atoms with Crippen molar-refractivity contribution in [1.29, 1.82) is 0 Å². The molecule has 252 valence electrons. The Balaban J connectivity index is 0.00000255. The Morgan fingerprint density at radius 3 is 2.17 bits per heavy atom. The van der Waals surface area contributed by atoms with Crippen LogP contribution in [0, 0.1) is 6.92 Å². The van der Waals surface area contributed by atoms with Gasteiger partial charge in [0.15, 0.2) is 0 Å². The first-order valence-corrected chi connectivity index (χ1v) is 15.7. The molecule has 0 atom stereocenters. The van der Waals surface area contributed by atoms with Gasteiger partial charge in [0.2, 0.25) is 5.71 Å². The van der Waals surface area contributed by atoms with Gasteiger partial charge in [0, 0.05) is 35.7 Å². The van der Waals surface area contributed by atoms with Gasteiger partial charge in [-0.3, -0.25) is 9.59 Å². The average Bonchev–Trinajstić information content (AvgIpc) is 3.41. The normalized spacial score (nSPS) is 11.5. The second-order valence-electron chi connectivity index (χ2n) is 12.1. The van der Waals surface area contributed by atoms with E-state index in [1.807, 2.05) is 65.8 Å². The Bertz CT molecular complexity index is 1910. The van der Waals surface area contributed by atoms with Crippen molar-refractivity contribution in [3.63, 3.8) is 0 Å². The van der Waals surface area contributed by atoms with Crippen molar-refractivity contribution in [3.05, 3.63) is 101 Å². The number of hydrogen-bond donors (Lipinski definition) is 2. The highest BCUT2D eigenvalue weighted by atomic mass is 19.4. The number of aryl methyl sites for hydroxylation is 2. The van der Waals surface area contributed by atoms with Crippen molar-refractivity contribution in [2.45, 2.75) is 66.1 Å². The maximum absolute atomic E-state index is 13.4. The van der Waals surface area contributed by atoms with Gasteiger partial charge in [0.1, 0.15) is 17.3 Å². The number of aromatic nitrogens is 1. The molecule has 0 radical (unpaired) electrons. The molecule has 5 rings (SSSR count). The summed E-state index contributed by atoms with van der Waals surface area (Å²) >= 11 is 0. The molecule has 2 heterocycles. The summed E-state index contributed by atoms with van der Waals surface area (Å²) in [6.45, 7) is 11.5. The van der Waals surface area contributed by atoms with E-state index in [1.165, 1.54) is 7.05 Å². The number of pyridine rings is 1. The lowest BCUT2D eigenvalue weighted by Gasteiger charge is -2.20. The van der Waals surface area contributed by atoms with E-state index in [2.05, 4.69) is 15.6 Å². The lowest BCUT2D eigenvalue weighted by Crippen LogP contribution is -2.40. The standard InChI is InChI=1S/C36H34F3N3O4.C2H6/c1-21-8-6-11-26(18-21)45-25-14-12-22(13-15-25)31-30(33(44)40-5)28-20-27(29(41-34(28)46-31)16-17-36(37,38)39)23-9-7-10-24(19-23)32(43)42-35(2,3)4;1-2/h6-15,18-20H,16-17H2,1-5H3,(H,40,44)(H,42,43);1-2H3. The number of furan rings is 1. The fourth-order valence-corrected chi connectivity index (χ4v) is 5.04. The van der Waals surface area contributed by atoms with Gasteiger partial charge in [-0.1, -0.05) is 38.1 Å². The zero-order chi connectivity index (χ0) is 35.2. The van der Waals surface area contributed by atoms with E-state index in [-0.39, 0.29) is 28.6 Å². The van der Waals surface area contributed by atoms with E-state index in [4.69, 9.17) is 9.15 Å². The molecule has 0 aliphatic rings. The van der Waals surface area contributed by atoms with E-state index in [9.17, 15) is 22.8 Å². The van der Waals surface area contributed by atoms with E-state index < -0.39 is 30.5 Å². The largest absolute Gasteiger partial charge is 0.457 e. The number of nitrogens with one attached hydrogen (secondary N) is 2. The lowest BCUT2D eigenvalue weighted by molar-refractivity contribution is -0.134.